The van der Waals surface area contributed by atoms with Gasteiger partial charge in [-0.1, -0.05) is 6.08 Å². The molecule has 0 aliphatic carbocycles. The van der Waals surface area contributed by atoms with Crippen molar-refractivity contribution in [3.63, 3.8) is 0 Å². The summed E-state index contributed by atoms with van der Waals surface area (Å²) in [5.74, 6) is -1.23. The van der Waals surface area contributed by atoms with Crippen LogP contribution in [0.15, 0.2) is 19.0 Å². The van der Waals surface area contributed by atoms with Gasteiger partial charge in [0.15, 0.2) is 0 Å². The van der Waals surface area contributed by atoms with Crippen LogP contribution in [0.1, 0.15) is 17.8 Å². The zero-order chi connectivity index (χ0) is 12.4. The largest absolute Gasteiger partial charge is 0.480 e. The molecule has 0 fully saturated rings. The number of nitrogens with zero attached hydrogens (tertiary/aromatic N) is 2. The van der Waals surface area contributed by atoms with Gasteiger partial charge < -0.3 is 15.0 Å². The van der Waals surface area contributed by atoms with Gasteiger partial charge in [-0.15, -0.1) is 6.58 Å². The molecular formula is C11H13N3O3. The van der Waals surface area contributed by atoms with Crippen molar-refractivity contribution >= 4 is 11.9 Å². The average Bonchev–Trinajstić information content (AvgIpc) is 2.74. The second kappa shape index (κ2) is 4.40. The minimum atomic E-state index is -1.00. The molecule has 1 unspecified atom stereocenters. The van der Waals surface area contributed by atoms with Crippen LogP contribution in [0, 0.1) is 0 Å². The van der Waals surface area contributed by atoms with Crippen LogP contribution in [-0.2, 0) is 22.6 Å². The molecule has 2 rings (SSSR count). The molecule has 17 heavy (non-hydrogen) atoms. The number of hydrogen-bond donors (Lipinski definition) is 2. The summed E-state index contributed by atoms with van der Waals surface area (Å²) < 4.78 is 0. The predicted octanol–water partition coefficient (Wildman–Crippen LogP) is 0.324. The molecule has 1 aromatic heterocycles. The minimum Gasteiger partial charge on any atom is -0.480 e. The molecule has 1 aromatic rings. The van der Waals surface area contributed by atoms with Gasteiger partial charge >= 0.3 is 5.97 Å². The highest BCUT2D eigenvalue weighted by atomic mass is 16.4. The number of aromatic nitrogens is 2. The fraction of sp³-hybridized carbons (Fsp3) is 0.364. The quantitative estimate of drug-likeness (QED) is 0.739. The van der Waals surface area contributed by atoms with Crippen LogP contribution < -0.4 is 0 Å². The Hall–Kier alpha value is -2.11. The monoisotopic (exact) mass is 235 g/mol. The van der Waals surface area contributed by atoms with E-state index in [1.54, 1.807) is 0 Å². The number of imidazole rings is 1. The normalized spacial score (nSPS) is 18.6. The van der Waals surface area contributed by atoms with E-state index in [1.807, 2.05) is 0 Å². The number of H-pyrrole nitrogens is 1. The maximum atomic E-state index is 11.8. The van der Waals surface area contributed by atoms with Crippen LogP contribution in [0.3, 0.4) is 0 Å². The number of carboxylic acids is 1. The fourth-order valence-corrected chi connectivity index (χ4v) is 1.96. The minimum absolute atomic E-state index is 0.146. The van der Waals surface area contributed by atoms with Gasteiger partial charge in [0.05, 0.1) is 24.3 Å². The first kappa shape index (κ1) is 11.4. The summed E-state index contributed by atoms with van der Waals surface area (Å²) in [5.41, 5.74) is 1.53. The molecule has 1 amide bonds. The number of amides is 1. The number of rotatable bonds is 3. The van der Waals surface area contributed by atoms with Crippen LogP contribution in [0.2, 0.25) is 0 Å². The smallest absolute Gasteiger partial charge is 0.326 e. The van der Waals surface area contributed by atoms with E-state index in [-0.39, 0.29) is 25.3 Å². The Labute approximate surface area is 98.0 Å². The van der Waals surface area contributed by atoms with Crippen LogP contribution in [0.4, 0.5) is 0 Å². The third-order valence-electron chi connectivity index (χ3n) is 2.82. The maximum Gasteiger partial charge on any atom is 0.326 e. The lowest BCUT2D eigenvalue weighted by Crippen LogP contribution is -2.48. The van der Waals surface area contributed by atoms with Crippen LogP contribution in [-0.4, -0.2) is 37.9 Å². The Morgan fingerprint density at radius 2 is 2.47 bits per heavy atom. The zero-order valence-corrected chi connectivity index (χ0v) is 9.22. The summed E-state index contributed by atoms with van der Waals surface area (Å²) in [7, 11) is 0. The highest BCUT2D eigenvalue weighted by molar-refractivity contribution is 5.85. The second-order valence-electron chi connectivity index (χ2n) is 3.90. The Morgan fingerprint density at radius 1 is 1.71 bits per heavy atom. The Balaban J connectivity index is 2.27. The molecule has 1 aliphatic heterocycles. The summed E-state index contributed by atoms with van der Waals surface area (Å²) >= 11 is 0. The van der Waals surface area contributed by atoms with E-state index in [1.165, 1.54) is 17.3 Å². The number of hydrogen-bond acceptors (Lipinski definition) is 3. The lowest BCUT2D eigenvalue weighted by atomic mass is 10.0. The van der Waals surface area contributed by atoms with E-state index in [9.17, 15) is 9.59 Å². The SMILES string of the molecule is C=CCC(=O)N1Cc2[nH]cnc2CC1C(=O)O. The number of carbonyl (C=O) groups is 2. The van der Waals surface area contributed by atoms with Crippen LogP contribution >= 0.6 is 0 Å². The Kier molecular flexibility index (Phi) is 2.95. The van der Waals surface area contributed by atoms with Crippen molar-refractivity contribution in [1.82, 2.24) is 14.9 Å². The highest BCUT2D eigenvalue weighted by Gasteiger charge is 2.35. The first-order valence-corrected chi connectivity index (χ1v) is 5.27. The molecule has 0 aromatic carbocycles. The number of carbonyl (C=O) groups excluding carboxylic acids is 1. The molecule has 2 heterocycles. The molecule has 6 nitrogen and oxygen atoms in total. The van der Waals surface area contributed by atoms with Crippen LogP contribution in [0.25, 0.3) is 0 Å². The lowest BCUT2D eigenvalue weighted by molar-refractivity contribution is -0.151. The van der Waals surface area contributed by atoms with Crippen molar-refractivity contribution in [2.45, 2.75) is 25.4 Å². The van der Waals surface area contributed by atoms with Crippen molar-refractivity contribution in [3.05, 3.63) is 30.4 Å². The van der Waals surface area contributed by atoms with Gasteiger partial charge in [-0.3, -0.25) is 4.79 Å². The third kappa shape index (κ3) is 2.06. The van der Waals surface area contributed by atoms with Gasteiger partial charge in [0.1, 0.15) is 6.04 Å². The summed E-state index contributed by atoms with van der Waals surface area (Å²) in [6.07, 6.45) is 3.39. The lowest BCUT2D eigenvalue weighted by Gasteiger charge is -2.32. The third-order valence-corrected chi connectivity index (χ3v) is 2.82. The molecule has 2 N–H and O–H groups in total. The summed E-state index contributed by atoms with van der Waals surface area (Å²) in [6, 6.07) is -0.835. The molecule has 0 bridgehead atoms. The van der Waals surface area contributed by atoms with Gasteiger partial charge in [-0.2, -0.15) is 0 Å². The molecule has 1 atom stereocenters. The Morgan fingerprint density at radius 3 is 3.12 bits per heavy atom. The molecule has 1 aliphatic rings. The van der Waals surface area contributed by atoms with Gasteiger partial charge in [-0.25, -0.2) is 9.78 Å². The summed E-state index contributed by atoms with van der Waals surface area (Å²) in [6.45, 7) is 3.75. The second-order valence-corrected chi connectivity index (χ2v) is 3.90. The van der Waals surface area contributed by atoms with Crippen molar-refractivity contribution in [2.75, 3.05) is 0 Å². The number of carboxylic acid groups (broad SMARTS) is 1. The molecule has 6 heteroatoms. The van der Waals surface area contributed by atoms with Gasteiger partial charge in [0.25, 0.3) is 0 Å². The number of fused-ring (bicyclic) bond motifs is 1. The highest BCUT2D eigenvalue weighted by Crippen LogP contribution is 2.21. The predicted molar refractivity (Wildman–Crippen MR) is 59.1 cm³/mol. The zero-order valence-electron chi connectivity index (χ0n) is 9.22. The van der Waals surface area contributed by atoms with E-state index in [2.05, 4.69) is 16.5 Å². The van der Waals surface area contributed by atoms with E-state index >= 15 is 0 Å². The van der Waals surface area contributed by atoms with Crippen molar-refractivity contribution in [2.24, 2.45) is 0 Å². The van der Waals surface area contributed by atoms with Crippen molar-refractivity contribution < 1.29 is 14.7 Å². The first-order valence-electron chi connectivity index (χ1n) is 5.27. The number of aromatic amines is 1. The molecule has 0 radical (unpaired) electrons. The van der Waals surface area contributed by atoms with E-state index < -0.39 is 12.0 Å². The summed E-state index contributed by atoms with van der Waals surface area (Å²) in [5, 5.41) is 9.13. The standard InChI is InChI=1S/C11H13N3O3/c1-2-3-10(15)14-5-8-7(12-6-13-8)4-9(14)11(16)17/h2,6,9H,1,3-5H2,(H,12,13)(H,16,17). The van der Waals surface area contributed by atoms with Gasteiger partial charge in [0, 0.05) is 12.8 Å². The molecule has 90 valence electrons. The van der Waals surface area contributed by atoms with E-state index in [0.717, 1.165) is 11.4 Å². The van der Waals surface area contributed by atoms with Gasteiger partial charge in [-0.05, 0) is 0 Å². The summed E-state index contributed by atoms with van der Waals surface area (Å²) in [4.78, 5) is 31.3. The van der Waals surface area contributed by atoms with Gasteiger partial charge in [0.2, 0.25) is 5.91 Å². The Bertz CT molecular complexity index is 466. The van der Waals surface area contributed by atoms with Crippen LogP contribution in [0.5, 0.6) is 0 Å². The molecule has 0 saturated heterocycles. The topological polar surface area (TPSA) is 86.3 Å². The van der Waals surface area contributed by atoms with E-state index in [4.69, 9.17) is 5.11 Å². The van der Waals surface area contributed by atoms with Crippen molar-refractivity contribution in [1.29, 1.82) is 0 Å². The molecular weight excluding hydrogens is 222 g/mol. The number of aliphatic carboxylic acids is 1. The van der Waals surface area contributed by atoms with E-state index in [0.29, 0.717) is 0 Å². The molecule has 0 spiro atoms. The average molecular weight is 235 g/mol. The first-order chi connectivity index (χ1) is 8.13. The van der Waals surface area contributed by atoms with Crippen molar-refractivity contribution in [3.8, 4) is 0 Å². The number of nitrogens with one attached hydrogen (secondary N) is 1. The maximum absolute atomic E-state index is 11.8. The molecule has 0 saturated carbocycles. The fourth-order valence-electron chi connectivity index (χ4n) is 1.96.